The molecular weight excluding hydrogens is 416 g/mol. The fraction of sp³-hybridized carbons (Fsp3) is 0.316. The van der Waals surface area contributed by atoms with Gasteiger partial charge in [0.2, 0.25) is 5.91 Å². The van der Waals surface area contributed by atoms with Crippen LogP contribution in [0.4, 0.5) is 11.4 Å². The second-order valence-electron chi connectivity index (χ2n) is 6.36. The van der Waals surface area contributed by atoms with E-state index in [0.29, 0.717) is 28.8 Å². The van der Waals surface area contributed by atoms with Gasteiger partial charge in [-0.1, -0.05) is 34.1 Å². The van der Waals surface area contributed by atoms with E-state index in [-0.39, 0.29) is 16.8 Å². The molecule has 1 amide bonds. The van der Waals surface area contributed by atoms with E-state index in [4.69, 9.17) is 0 Å². The molecule has 0 unspecified atom stereocenters. The number of anilines is 2. The lowest BCUT2D eigenvalue weighted by Crippen LogP contribution is -2.36. The largest absolute Gasteiger partial charge is 0.308 e. The molecule has 26 heavy (non-hydrogen) atoms. The molecule has 0 saturated carbocycles. The Morgan fingerprint density at radius 3 is 2.50 bits per heavy atom. The van der Waals surface area contributed by atoms with Crippen molar-refractivity contribution in [1.82, 2.24) is 0 Å². The first kappa shape index (κ1) is 18.9. The second kappa shape index (κ2) is 7.04. The van der Waals surface area contributed by atoms with Crippen LogP contribution in [0.3, 0.4) is 0 Å². The highest BCUT2D eigenvalue weighted by molar-refractivity contribution is 9.10. The number of sulfonamides is 1. The maximum Gasteiger partial charge on any atom is 0.266 e. The molecule has 1 aliphatic heterocycles. The number of para-hydroxylation sites is 1. The lowest BCUT2D eigenvalue weighted by atomic mass is 10.1. The highest BCUT2D eigenvalue weighted by atomic mass is 79.9. The molecule has 5 nitrogen and oxygen atoms in total. The van der Waals surface area contributed by atoms with Crippen LogP contribution in [0.5, 0.6) is 0 Å². The van der Waals surface area contributed by atoms with Crippen LogP contribution in [0.1, 0.15) is 26.3 Å². The normalized spacial score (nSPS) is 16.5. The van der Waals surface area contributed by atoms with Crippen molar-refractivity contribution >= 4 is 43.2 Å². The van der Waals surface area contributed by atoms with Gasteiger partial charge in [0, 0.05) is 24.0 Å². The van der Waals surface area contributed by atoms with Crippen LogP contribution in [0, 0.1) is 0 Å². The molecule has 138 valence electrons. The van der Waals surface area contributed by atoms with Crippen LogP contribution in [-0.2, 0) is 21.2 Å². The molecule has 0 radical (unpaired) electrons. The number of carbonyl (C=O) groups excluding carboxylic acids is 1. The molecule has 0 saturated heterocycles. The van der Waals surface area contributed by atoms with E-state index < -0.39 is 10.0 Å². The second-order valence-corrected chi connectivity index (χ2v) is 9.11. The molecule has 2 aromatic carbocycles. The van der Waals surface area contributed by atoms with Gasteiger partial charge in [-0.25, -0.2) is 8.42 Å². The summed E-state index contributed by atoms with van der Waals surface area (Å²) in [4.78, 5) is 13.9. The van der Waals surface area contributed by atoms with Gasteiger partial charge in [-0.05, 0) is 50.1 Å². The molecule has 2 aromatic rings. The fourth-order valence-electron chi connectivity index (χ4n) is 3.56. The molecule has 1 aliphatic rings. The predicted molar refractivity (Wildman–Crippen MR) is 107 cm³/mol. The monoisotopic (exact) mass is 436 g/mol. The van der Waals surface area contributed by atoms with Gasteiger partial charge in [0.15, 0.2) is 0 Å². The average molecular weight is 437 g/mol. The zero-order valence-electron chi connectivity index (χ0n) is 14.9. The van der Waals surface area contributed by atoms with Crippen LogP contribution in [0.2, 0.25) is 0 Å². The summed E-state index contributed by atoms with van der Waals surface area (Å²) in [5.41, 5.74) is 1.97. The van der Waals surface area contributed by atoms with E-state index in [0.717, 1.165) is 5.56 Å². The molecule has 0 spiro atoms. The Labute approximate surface area is 162 Å². The van der Waals surface area contributed by atoms with Gasteiger partial charge in [-0.3, -0.25) is 9.10 Å². The van der Waals surface area contributed by atoms with E-state index in [2.05, 4.69) is 15.9 Å². The minimum absolute atomic E-state index is 0.0717. The van der Waals surface area contributed by atoms with Gasteiger partial charge >= 0.3 is 0 Å². The molecule has 3 rings (SSSR count). The molecule has 0 aromatic heterocycles. The quantitative estimate of drug-likeness (QED) is 0.728. The van der Waals surface area contributed by atoms with Crippen molar-refractivity contribution in [3.63, 3.8) is 0 Å². The molecule has 0 aliphatic carbocycles. The van der Waals surface area contributed by atoms with Gasteiger partial charge in [0.05, 0.1) is 11.4 Å². The summed E-state index contributed by atoms with van der Waals surface area (Å²) < 4.78 is 29.1. The third-order valence-electron chi connectivity index (χ3n) is 4.55. The van der Waals surface area contributed by atoms with Crippen molar-refractivity contribution < 1.29 is 13.2 Å². The Morgan fingerprint density at radius 1 is 1.27 bits per heavy atom. The van der Waals surface area contributed by atoms with Gasteiger partial charge in [-0.15, -0.1) is 0 Å². The van der Waals surface area contributed by atoms with Crippen molar-refractivity contribution in [1.29, 1.82) is 0 Å². The summed E-state index contributed by atoms with van der Waals surface area (Å²) in [6.45, 7) is 5.50. The van der Waals surface area contributed by atoms with Crippen LogP contribution in [0.15, 0.2) is 51.8 Å². The van der Waals surface area contributed by atoms with Crippen LogP contribution in [-0.4, -0.2) is 26.9 Å². The molecule has 1 heterocycles. The van der Waals surface area contributed by atoms with Gasteiger partial charge in [-0.2, -0.15) is 0 Å². The van der Waals surface area contributed by atoms with Crippen LogP contribution in [0.25, 0.3) is 0 Å². The zero-order chi connectivity index (χ0) is 19.1. The fourth-order valence-corrected chi connectivity index (χ4v) is 5.94. The number of carbonyl (C=O) groups is 1. The van der Waals surface area contributed by atoms with Gasteiger partial charge < -0.3 is 4.90 Å². The Bertz CT molecular complexity index is 945. The highest BCUT2D eigenvalue weighted by Crippen LogP contribution is 2.41. The third kappa shape index (κ3) is 3.14. The molecule has 0 fully saturated rings. The topological polar surface area (TPSA) is 57.7 Å². The van der Waals surface area contributed by atoms with Crippen molar-refractivity contribution in [2.75, 3.05) is 15.7 Å². The SMILES string of the molecule is CCN(c1ccccc1)S(=O)(=O)c1cc(Br)cc2c1N(C(C)=O)[C@@H](C)C2. The number of benzene rings is 2. The van der Waals surface area contributed by atoms with Gasteiger partial charge in [0.25, 0.3) is 10.0 Å². The zero-order valence-corrected chi connectivity index (χ0v) is 17.3. The molecule has 7 heteroatoms. The number of halogens is 1. The van der Waals surface area contributed by atoms with E-state index in [1.807, 2.05) is 31.2 Å². The van der Waals surface area contributed by atoms with Crippen LogP contribution < -0.4 is 9.21 Å². The van der Waals surface area contributed by atoms with Crippen molar-refractivity contribution in [2.24, 2.45) is 0 Å². The molecular formula is C19H21BrN2O3S. The summed E-state index contributed by atoms with van der Waals surface area (Å²) in [6, 6.07) is 12.4. The van der Waals surface area contributed by atoms with Crippen molar-refractivity contribution in [3.05, 3.63) is 52.5 Å². The maximum absolute atomic E-state index is 13.5. The summed E-state index contributed by atoms with van der Waals surface area (Å²) in [5.74, 6) is -0.155. The first-order valence-corrected chi connectivity index (χ1v) is 10.7. The molecule has 0 bridgehead atoms. The van der Waals surface area contributed by atoms with Gasteiger partial charge in [0.1, 0.15) is 4.90 Å². The first-order chi connectivity index (χ1) is 12.3. The van der Waals surface area contributed by atoms with E-state index in [1.54, 1.807) is 30.0 Å². The third-order valence-corrected chi connectivity index (χ3v) is 6.93. The highest BCUT2D eigenvalue weighted by Gasteiger charge is 2.37. The van der Waals surface area contributed by atoms with E-state index in [9.17, 15) is 13.2 Å². The number of rotatable bonds is 4. The Balaban J connectivity index is 2.22. The Kier molecular flexibility index (Phi) is 5.12. The molecule has 0 N–H and O–H groups in total. The number of amides is 1. The summed E-state index contributed by atoms with van der Waals surface area (Å²) in [5, 5.41) is 0. The minimum atomic E-state index is -3.83. The molecule has 1 atom stereocenters. The number of hydrogen-bond acceptors (Lipinski definition) is 3. The summed E-state index contributed by atoms with van der Waals surface area (Å²) in [7, 11) is -3.83. The Hall–Kier alpha value is -1.86. The number of fused-ring (bicyclic) bond motifs is 1. The predicted octanol–water partition coefficient (Wildman–Crippen LogP) is 3.96. The summed E-state index contributed by atoms with van der Waals surface area (Å²) >= 11 is 3.43. The standard InChI is InChI=1S/C19H21BrN2O3S/c1-4-21(17-8-6-5-7-9-17)26(24,25)18-12-16(20)11-15-10-13(2)22(14(3)23)19(15)18/h5-9,11-13H,4,10H2,1-3H3/t13-/m0/s1. The number of nitrogens with zero attached hydrogens (tertiary/aromatic N) is 2. The lowest BCUT2D eigenvalue weighted by molar-refractivity contribution is -0.116. The average Bonchev–Trinajstić information content (AvgIpc) is 2.91. The van der Waals surface area contributed by atoms with Crippen LogP contribution >= 0.6 is 15.9 Å². The smallest absolute Gasteiger partial charge is 0.266 e. The summed E-state index contributed by atoms with van der Waals surface area (Å²) in [6.07, 6.45) is 0.633. The minimum Gasteiger partial charge on any atom is -0.308 e. The van der Waals surface area contributed by atoms with E-state index in [1.165, 1.54) is 11.2 Å². The Morgan fingerprint density at radius 2 is 1.92 bits per heavy atom. The van der Waals surface area contributed by atoms with E-state index >= 15 is 0 Å². The maximum atomic E-state index is 13.5. The van der Waals surface area contributed by atoms with Crippen molar-refractivity contribution in [3.8, 4) is 0 Å². The lowest BCUT2D eigenvalue weighted by Gasteiger charge is -2.27. The number of hydrogen-bond donors (Lipinski definition) is 0. The van der Waals surface area contributed by atoms with Crippen molar-refractivity contribution in [2.45, 2.75) is 38.1 Å². The first-order valence-electron chi connectivity index (χ1n) is 8.47.